The molecule has 162 valence electrons. The highest BCUT2D eigenvalue weighted by Crippen LogP contribution is 2.46. The third-order valence-corrected chi connectivity index (χ3v) is 6.35. The number of imidazole rings is 1. The van der Waals surface area contributed by atoms with Crippen LogP contribution in [0.4, 0.5) is 0 Å². The zero-order chi connectivity index (χ0) is 22.1. The number of ether oxygens (including phenoxy) is 2. The molecule has 6 nitrogen and oxygen atoms in total. The number of methoxy groups -OCH3 is 1. The second kappa shape index (κ2) is 8.28. The molecule has 2 aromatic heterocycles. The van der Waals surface area contributed by atoms with E-state index in [-0.39, 0.29) is 5.97 Å². The molecule has 1 aliphatic carbocycles. The minimum Gasteiger partial charge on any atom is -0.489 e. The van der Waals surface area contributed by atoms with Gasteiger partial charge in [0.25, 0.3) is 0 Å². The van der Waals surface area contributed by atoms with Crippen LogP contribution in [0.1, 0.15) is 30.7 Å². The van der Waals surface area contributed by atoms with Crippen molar-refractivity contribution >= 4 is 23.1 Å². The summed E-state index contributed by atoms with van der Waals surface area (Å²) in [4.78, 5) is 21.9. The number of esters is 1. The molecule has 0 saturated heterocycles. The first kappa shape index (κ1) is 20.5. The van der Waals surface area contributed by atoms with E-state index >= 15 is 0 Å². The number of rotatable bonds is 6. The molecule has 2 heterocycles. The van der Waals surface area contributed by atoms with E-state index in [1.807, 2.05) is 59.0 Å². The van der Waals surface area contributed by atoms with Crippen LogP contribution in [0, 0.1) is 0 Å². The van der Waals surface area contributed by atoms with Gasteiger partial charge in [0.15, 0.2) is 5.15 Å². The maximum atomic E-state index is 12.7. The van der Waals surface area contributed by atoms with Crippen molar-refractivity contribution in [2.75, 3.05) is 7.11 Å². The second-order valence-electron chi connectivity index (χ2n) is 7.95. The molecule has 0 spiro atoms. The topological polar surface area (TPSA) is 65.7 Å². The fraction of sp³-hybridized carbons (Fsp3) is 0.240. The molecule has 1 aliphatic rings. The number of benzene rings is 2. The number of hydrogen-bond donors (Lipinski definition) is 0. The minimum atomic E-state index is -0.762. The van der Waals surface area contributed by atoms with Crippen molar-refractivity contribution in [1.82, 2.24) is 14.4 Å². The highest BCUT2D eigenvalue weighted by Gasteiger charge is 2.50. The van der Waals surface area contributed by atoms with Crippen molar-refractivity contribution in [2.45, 2.75) is 31.3 Å². The molecule has 2 aromatic carbocycles. The number of nitrogens with zero attached hydrogens (tertiary/aromatic N) is 3. The fourth-order valence-corrected chi connectivity index (χ4v) is 4.50. The highest BCUT2D eigenvalue weighted by atomic mass is 35.5. The van der Waals surface area contributed by atoms with Gasteiger partial charge in [-0.1, -0.05) is 60.5 Å². The molecule has 32 heavy (non-hydrogen) atoms. The molecule has 0 bridgehead atoms. The van der Waals surface area contributed by atoms with Gasteiger partial charge in [-0.2, -0.15) is 0 Å². The Kier molecular flexibility index (Phi) is 5.31. The predicted octanol–water partition coefficient (Wildman–Crippen LogP) is 5.22. The smallest absolute Gasteiger partial charge is 0.319 e. The van der Waals surface area contributed by atoms with Gasteiger partial charge >= 0.3 is 5.97 Å². The summed E-state index contributed by atoms with van der Waals surface area (Å²) in [5.41, 5.74) is 2.50. The van der Waals surface area contributed by atoms with Crippen molar-refractivity contribution in [3.8, 4) is 17.0 Å². The Morgan fingerprint density at radius 1 is 1.16 bits per heavy atom. The highest BCUT2D eigenvalue weighted by molar-refractivity contribution is 6.33. The van der Waals surface area contributed by atoms with Gasteiger partial charge in [0.2, 0.25) is 0 Å². The van der Waals surface area contributed by atoms with Crippen LogP contribution in [0.25, 0.3) is 16.8 Å². The van der Waals surface area contributed by atoms with Crippen molar-refractivity contribution in [3.63, 3.8) is 0 Å². The minimum absolute atomic E-state index is 0.268. The molecule has 1 saturated carbocycles. The molecule has 7 heteroatoms. The molecule has 0 atom stereocenters. The van der Waals surface area contributed by atoms with Crippen LogP contribution >= 0.6 is 11.6 Å². The monoisotopic (exact) mass is 447 g/mol. The van der Waals surface area contributed by atoms with Gasteiger partial charge in [-0.05, 0) is 30.5 Å². The van der Waals surface area contributed by atoms with Crippen LogP contribution in [-0.2, 0) is 21.6 Å². The number of fused-ring (bicyclic) bond motifs is 1. The molecule has 0 N–H and O–H groups in total. The summed E-state index contributed by atoms with van der Waals surface area (Å²) >= 11 is 6.51. The Morgan fingerprint density at radius 2 is 1.97 bits per heavy atom. The van der Waals surface area contributed by atoms with Crippen LogP contribution < -0.4 is 4.74 Å². The summed E-state index contributed by atoms with van der Waals surface area (Å²) in [6, 6.07) is 17.7. The van der Waals surface area contributed by atoms with Crippen molar-refractivity contribution in [2.24, 2.45) is 0 Å². The van der Waals surface area contributed by atoms with E-state index in [2.05, 4.69) is 4.98 Å². The summed E-state index contributed by atoms with van der Waals surface area (Å²) in [5, 5.41) is 0.330. The van der Waals surface area contributed by atoms with Crippen LogP contribution in [0.3, 0.4) is 0 Å². The largest absolute Gasteiger partial charge is 0.489 e. The SMILES string of the molecule is COC(=O)C1(c2nc(-c3cccc(OCc4ccccc4)c3)c3c(Cl)nccn23)CCC1. The number of carbonyl (C=O) groups is 1. The van der Waals surface area contributed by atoms with Crippen molar-refractivity contribution in [3.05, 3.63) is 83.5 Å². The van der Waals surface area contributed by atoms with Gasteiger partial charge < -0.3 is 9.47 Å². The summed E-state index contributed by atoms with van der Waals surface area (Å²) in [6.45, 7) is 0.466. The molecular formula is C25H22ClN3O3. The molecule has 0 unspecified atom stereocenters. The number of halogens is 1. The lowest BCUT2D eigenvalue weighted by Crippen LogP contribution is -2.44. The Morgan fingerprint density at radius 3 is 2.69 bits per heavy atom. The molecule has 0 aliphatic heterocycles. The summed E-state index contributed by atoms with van der Waals surface area (Å²) < 4.78 is 13.0. The second-order valence-corrected chi connectivity index (χ2v) is 8.31. The van der Waals surface area contributed by atoms with Gasteiger partial charge in [0.1, 0.15) is 29.1 Å². The standard InChI is InChI=1S/C25H22ClN3O3/c1-31-24(30)25(11-6-12-25)23-28-20(21-22(26)27-13-14-29(21)23)18-9-5-10-19(15-18)32-16-17-7-3-2-4-8-17/h2-5,7-10,13-15H,6,11-12,16H2,1H3. The third kappa shape index (κ3) is 3.41. The number of hydrogen-bond acceptors (Lipinski definition) is 5. The van der Waals surface area contributed by atoms with Crippen molar-refractivity contribution < 1.29 is 14.3 Å². The maximum Gasteiger partial charge on any atom is 0.319 e. The van der Waals surface area contributed by atoms with Gasteiger partial charge in [0.05, 0.1) is 12.8 Å². The van der Waals surface area contributed by atoms with E-state index in [4.69, 9.17) is 26.1 Å². The Labute approximate surface area is 190 Å². The van der Waals surface area contributed by atoms with E-state index in [1.54, 1.807) is 12.4 Å². The van der Waals surface area contributed by atoms with Crippen LogP contribution in [0.2, 0.25) is 5.15 Å². The summed E-state index contributed by atoms with van der Waals surface area (Å²) in [7, 11) is 1.42. The Hall–Kier alpha value is -3.38. The quantitative estimate of drug-likeness (QED) is 0.379. The predicted molar refractivity (Wildman–Crippen MR) is 122 cm³/mol. The zero-order valence-electron chi connectivity index (χ0n) is 17.6. The lowest BCUT2D eigenvalue weighted by Gasteiger charge is -2.37. The number of aromatic nitrogens is 3. The van der Waals surface area contributed by atoms with Gasteiger partial charge in [-0.15, -0.1) is 0 Å². The average molecular weight is 448 g/mol. The third-order valence-electron chi connectivity index (χ3n) is 6.08. The van der Waals surface area contributed by atoms with Crippen LogP contribution in [-0.4, -0.2) is 27.4 Å². The molecule has 0 amide bonds. The van der Waals surface area contributed by atoms with E-state index < -0.39 is 5.41 Å². The molecule has 0 radical (unpaired) electrons. The first-order valence-electron chi connectivity index (χ1n) is 10.5. The van der Waals surface area contributed by atoms with E-state index in [1.165, 1.54) is 7.11 Å². The average Bonchev–Trinajstić information content (AvgIpc) is 3.19. The van der Waals surface area contributed by atoms with Gasteiger partial charge in [-0.3, -0.25) is 9.20 Å². The van der Waals surface area contributed by atoms with Crippen molar-refractivity contribution in [1.29, 1.82) is 0 Å². The molecule has 5 rings (SSSR count). The van der Waals surface area contributed by atoms with E-state index in [0.717, 1.165) is 23.3 Å². The van der Waals surface area contributed by atoms with Crippen LogP contribution in [0.5, 0.6) is 5.75 Å². The maximum absolute atomic E-state index is 12.7. The Balaban J connectivity index is 1.57. The fourth-order valence-electron chi connectivity index (χ4n) is 4.26. The van der Waals surface area contributed by atoms with E-state index in [9.17, 15) is 4.79 Å². The Bertz CT molecular complexity index is 1280. The summed E-state index contributed by atoms with van der Waals surface area (Å²) in [6.07, 6.45) is 5.75. The first-order valence-corrected chi connectivity index (χ1v) is 10.9. The van der Waals surface area contributed by atoms with E-state index in [0.29, 0.717) is 41.6 Å². The normalized spacial score (nSPS) is 14.7. The van der Waals surface area contributed by atoms with Gasteiger partial charge in [-0.25, -0.2) is 9.97 Å². The first-order chi connectivity index (χ1) is 15.6. The van der Waals surface area contributed by atoms with Gasteiger partial charge in [0, 0.05) is 18.0 Å². The molecule has 4 aromatic rings. The summed E-state index contributed by atoms with van der Waals surface area (Å²) in [5.74, 6) is 1.09. The van der Waals surface area contributed by atoms with Crippen LogP contribution in [0.15, 0.2) is 67.0 Å². The lowest BCUT2D eigenvalue weighted by molar-refractivity contribution is -0.151. The lowest BCUT2D eigenvalue weighted by atomic mass is 9.68. The number of carbonyl (C=O) groups excluding carboxylic acids is 1. The molecular weight excluding hydrogens is 426 g/mol. The molecule has 1 fully saturated rings. The zero-order valence-corrected chi connectivity index (χ0v) is 18.4.